The molecule has 0 amide bonds. The first-order valence-electron chi connectivity index (χ1n) is 1.90. The van der Waals surface area contributed by atoms with Gasteiger partial charge in [0.15, 0.2) is 0 Å². The average Bonchev–Trinajstić information content (AvgIpc) is 1.85. The third-order valence-electron chi connectivity index (χ3n) is 0.683. The van der Waals surface area contributed by atoms with Crippen LogP contribution in [0.1, 0.15) is 0 Å². The van der Waals surface area contributed by atoms with Gasteiger partial charge in [-0.3, -0.25) is 0 Å². The fourth-order valence-electron chi connectivity index (χ4n) is 0.354. The Morgan fingerprint density at radius 3 is 2.25 bits per heavy atom. The van der Waals surface area contributed by atoms with Crippen LogP contribution >= 0.6 is 43.2 Å². The molecule has 0 spiro atoms. The van der Waals surface area contributed by atoms with Gasteiger partial charge in [-0.25, -0.2) is 0 Å². The van der Waals surface area contributed by atoms with Gasteiger partial charge in [0.2, 0.25) is 0 Å². The first-order valence-corrected chi connectivity index (χ1v) is 4.30. The fraction of sp³-hybridized carbons (Fsp3) is 0. The maximum absolute atomic E-state index is 5.48. The van der Waals surface area contributed by atoms with Crippen LogP contribution in [0.3, 0.4) is 0 Å². The molecular weight excluding hydrogens is 254 g/mol. The van der Waals surface area contributed by atoms with Crippen molar-refractivity contribution in [2.45, 2.75) is 0 Å². The van der Waals surface area contributed by atoms with Gasteiger partial charge in [-0.2, -0.15) is 0 Å². The van der Waals surface area contributed by atoms with Crippen molar-refractivity contribution in [2.75, 3.05) is 5.73 Å². The minimum Gasteiger partial charge on any atom is -0.390 e. The highest BCUT2D eigenvalue weighted by Gasteiger charge is 1.97. The third kappa shape index (κ3) is 1.24. The van der Waals surface area contributed by atoms with Crippen LogP contribution in [-0.2, 0) is 0 Å². The second kappa shape index (κ2) is 2.37. The van der Waals surface area contributed by atoms with Crippen LogP contribution < -0.4 is 5.73 Å². The van der Waals surface area contributed by atoms with E-state index in [1.165, 1.54) is 11.3 Å². The quantitative estimate of drug-likeness (QED) is 0.759. The Morgan fingerprint density at radius 1 is 1.50 bits per heavy atom. The van der Waals surface area contributed by atoms with Crippen molar-refractivity contribution in [3.8, 4) is 0 Å². The van der Waals surface area contributed by atoms with E-state index in [0.29, 0.717) is 0 Å². The summed E-state index contributed by atoms with van der Waals surface area (Å²) >= 11 is 8.08. The summed E-state index contributed by atoms with van der Waals surface area (Å²) in [4.78, 5) is 0. The lowest BCUT2D eigenvalue weighted by Crippen LogP contribution is -1.75. The minimum atomic E-state index is 0.817. The Bertz CT molecular complexity index is 176. The molecule has 0 radical (unpaired) electrons. The summed E-state index contributed by atoms with van der Waals surface area (Å²) in [6, 6.07) is 1.93. The van der Waals surface area contributed by atoms with Gasteiger partial charge in [0, 0.05) is 0 Å². The molecule has 0 aliphatic heterocycles. The summed E-state index contributed by atoms with van der Waals surface area (Å²) in [5.41, 5.74) is 5.48. The number of nitrogen functional groups attached to an aromatic ring is 1. The van der Waals surface area contributed by atoms with Crippen molar-refractivity contribution in [3.63, 3.8) is 0 Å². The molecule has 1 rings (SSSR count). The molecule has 8 heavy (non-hydrogen) atoms. The largest absolute Gasteiger partial charge is 0.390 e. The van der Waals surface area contributed by atoms with Gasteiger partial charge in [-0.05, 0) is 37.9 Å². The summed E-state index contributed by atoms with van der Waals surface area (Å²) in [5.74, 6) is 0. The monoisotopic (exact) mass is 255 g/mol. The second-order valence-electron chi connectivity index (χ2n) is 1.26. The van der Waals surface area contributed by atoms with Gasteiger partial charge < -0.3 is 5.73 Å². The summed E-state index contributed by atoms with van der Waals surface area (Å²) in [5, 5.41) is 0.817. The zero-order chi connectivity index (χ0) is 6.15. The molecule has 0 aliphatic carbocycles. The Hall–Kier alpha value is 0.460. The van der Waals surface area contributed by atoms with Crippen molar-refractivity contribution in [1.29, 1.82) is 0 Å². The summed E-state index contributed by atoms with van der Waals surface area (Å²) < 4.78 is 2.02. The van der Waals surface area contributed by atoms with E-state index in [4.69, 9.17) is 5.73 Å². The molecule has 1 aromatic rings. The van der Waals surface area contributed by atoms with Crippen molar-refractivity contribution < 1.29 is 0 Å². The van der Waals surface area contributed by atoms with Gasteiger partial charge in [0.05, 0.1) is 8.26 Å². The molecule has 0 aliphatic rings. The van der Waals surface area contributed by atoms with E-state index >= 15 is 0 Å². The average molecular weight is 257 g/mol. The molecule has 1 heterocycles. The Morgan fingerprint density at radius 2 is 2.12 bits per heavy atom. The second-order valence-corrected chi connectivity index (χ2v) is 4.58. The summed E-state index contributed by atoms with van der Waals surface area (Å²) in [6.07, 6.45) is 0. The Kier molecular flexibility index (Phi) is 1.95. The van der Waals surface area contributed by atoms with Crippen LogP contribution in [0.15, 0.2) is 14.3 Å². The SMILES string of the molecule is Nc1sc(Br)cc1Br. The third-order valence-corrected chi connectivity index (χ3v) is 3.07. The van der Waals surface area contributed by atoms with E-state index in [2.05, 4.69) is 31.9 Å². The molecular formula is C4H3Br2NS. The summed E-state index contributed by atoms with van der Waals surface area (Å²) in [6.45, 7) is 0. The molecule has 4 heteroatoms. The fourth-order valence-corrected chi connectivity index (χ4v) is 2.58. The molecule has 2 N–H and O–H groups in total. The van der Waals surface area contributed by atoms with Crippen molar-refractivity contribution >= 4 is 48.2 Å². The van der Waals surface area contributed by atoms with Crippen LogP contribution in [0.25, 0.3) is 0 Å². The topological polar surface area (TPSA) is 26.0 Å². The lowest BCUT2D eigenvalue weighted by atomic mass is 10.6. The lowest BCUT2D eigenvalue weighted by molar-refractivity contribution is 1.82. The van der Waals surface area contributed by atoms with Crippen molar-refractivity contribution in [3.05, 3.63) is 14.3 Å². The number of halogens is 2. The van der Waals surface area contributed by atoms with Crippen molar-refractivity contribution in [2.24, 2.45) is 0 Å². The molecule has 1 nitrogen and oxygen atoms in total. The predicted octanol–water partition coefficient (Wildman–Crippen LogP) is 2.86. The highest BCUT2D eigenvalue weighted by atomic mass is 79.9. The van der Waals surface area contributed by atoms with Crippen LogP contribution in [0, 0.1) is 0 Å². The van der Waals surface area contributed by atoms with E-state index in [9.17, 15) is 0 Å². The van der Waals surface area contributed by atoms with Crippen LogP contribution in [-0.4, -0.2) is 0 Å². The summed E-state index contributed by atoms with van der Waals surface area (Å²) in [7, 11) is 0. The zero-order valence-electron chi connectivity index (χ0n) is 3.82. The highest BCUT2D eigenvalue weighted by Crippen LogP contribution is 2.32. The number of nitrogens with two attached hydrogens (primary N) is 1. The number of rotatable bonds is 0. The maximum Gasteiger partial charge on any atom is 0.101 e. The Balaban J connectivity index is 3.14. The number of anilines is 1. The number of hydrogen-bond donors (Lipinski definition) is 1. The molecule has 0 saturated heterocycles. The van der Waals surface area contributed by atoms with Crippen LogP contribution in [0.2, 0.25) is 0 Å². The van der Waals surface area contributed by atoms with E-state index in [1.807, 2.05) is 6.07 Å². The van der Waals surface area contributed by atoms with Crippen molar-refractivity contribution in [1.82, 2.24) is 0 Å². The Labute approximate surface area is 68.1 Å². The van der Waals surface area contributed by atoms with Crippen LogP contribution in [0.4, 0.5) is 5.00 Å². The predicted molar refractivity (Wildman–Crippen MR) is 44.1 cm³/mol. The maximum atomic E-state index is 5.48. The molecule has 1 aromatic heterocycles. The standard InChI is InChI=1S/C4H3Br2NS/c5-2-1-3(6)8-4(2)7/h1H,7H2. The van der Waals surface area contributed by atoms with Gasteiger partial charge >= 0.3 is 0 Å². The minimum absolute atomic E-state index is 0.817. The zero-order valence-corrected chi connectivity index (χ0v) is 7.81. The van der Waals surface area contributed by atoms with E-state index in [1.54, 1.807) is 0 Å². The van der Waals surface area contributed by atoms with E-state index < -0.39 is 0 Å². The molecule has 0 bridgehead atoms. The highest BCUT2D eigenvalue weighted by molar-refractivity contribution is 9.11. The van der Waals surface area contributed by atoms with Gasteiger partial charge in [-0.1, -0.05) is 0 Å². The molecule has 0 unspecified atom stereocenters. The number of thiophene rings is 1. The molecule has 44 valence electrons. The van der Waals surface area contributed by atoms with Gasteiger partial charge in [0.1, 0.15) is 5.00 Å². The van der Waals surface area contributed by atoms with Gasteiger partial charge in [-0.15, -0.1) is 11.3 Å². The normalized spacial score (nSPS) is 9.75. The van der Waals surface area contributed by atoms with Crippen LogP contribution in [0.5, 0.6) is 0 Å². The first-order chi connectivity index (χ1) is 3.70. The first kappa shape index (κ1) is 6.58. The van der Waals surface area contributed by atoms with E-state index in [0.717, 1.165) is 13.3 Å². The van der Waals surface area contributed by atoms with Gasteiger partial charge in [0.25, 0.3) is 0 Å². The van der Waals surface area contributed by atoms with E-state index in [-0.39, 0.29) is 0 Å². The molecule has 0 fully saturated rings. The molecule has 0 aromatic carbocycles. The lowest BCUT2D eigenvalue weighted by Gasteiger charge is -1.78. The smallest absolute Gasteiger partial charge is 0.101 e. The molecule has 0 atom stereocenters. The number of hydrogen-bond acceptors (Lipinski definition) is 2. The molecule has 0 saturated carbocycles.